The fourth-order valence-corrected chi connectivity index (χ4v) is 6.01. The summed E-state index contributed by atoms with van der Waals surface area (Å²) in [6.07, 6.45) is 4.12. The minimum Gasteiger partial charge on any atom is -0.466 e. The van der Waals surface area contributed by atoms with Crippen molar-refractivity contribution in [2.75, 3.05) is 0 Å². The Balaban J connectivity index is 1.28. The van der Waals surface area contributed by atoms with E-state index in [-0.39, 0.29) is 6.10 Å². The van der Waals surface area contributed by atoms with Gasteiger partial charge in [-0.05, 0) is 47.5 Å². The third-order valence-electron chi connectivity index (χ3n) is 8.21. The van der Waals surface area contributed by atoms with Gasteiger partial charge >= 0.3 is 0 Å². The molecular formula is C38H27N3O. The lowest BCUT2D eigenvalue weighted by Crippen LogP contribution is -2.28. The number of fused-ring (bicyclic) bond motifs is 5. The Morgan fingerprint density at radius 1 is 0.619 bits per heavy atom. The van der Waals surface area contributed by atoms with Gasteiger partial charge < -0.3 is 4.74 Å². The van der Waals surface area contributed by atoms with Crippen LogP contribution in [0.25, 0.3) is 50.8 Å². The maximum atomic E-state index is 6.66. The Morgan fingerprint density at radius 2 is 1.21 bits per heavy atom. The van der Waals surface area contributed by atoms with Crippen molar-refractivity contribution in [3.63, 3.8) is 0 Å². The first kappa shape index (κ1) is 24.4. The first-order valence-corrected chi connectivity index (χ1v) is 14.2. The summed E-state index contributed by atoms with van der Waals surface area (Å²) in [6, 6.07) is 43.6. The average molecular weight is 542 g/mol. The molecule has 0 fully saturated rings. The van der Waals surface area contributed by atoms with Crippen LogP contribution >= 0.6 is 0 Å². The number of benzene rings is 5. The minimum absolute atomic E-state index is 0.233. The van der Waals surface area contributed by atoms with Crippen molar-refractivity contribution in [2.45, 2.75) is 18.6 Å². The Hall–Kier alpha value is -5.35. The van der Waals surface area contributed by atoms with Crippen LogP contribution in [0.5, 0.6) is 0 Å². The van der Waals surface area contributed by atoms with Gasteiger partial charge in [-0.1, -0.05) is 115 Å². The van der Waals surface area contributed by atoms with Gasteiger partial charge in [-0.2, -0.15) is 0 Å². The van der Waals surface area contributed by atoms with Gasteiger partial charge in [0, 0.05) is 27.8 Å². The molecule has 200 valence electrons. The summed E-state index contributed by atoms with van der Waals surface area (Å²) in [7, 11) is 0. The molecule has 1 aliphatic heterocycles. The van der Waals surface area contributed by atoms with Crippen molar-refractivity contribution in [1.29, 1.82) is 0 Å². The fraction of sp³-hybridized carbons (Fsp3) is 0.0789. The molecule has 8 rings (SSSR count). The first-order valence-electron chi connectivity index (χ1n) is 14.2. The Labute approximate surface area is 244 Å². The molecular weight excluding hydrogens is 514 g/mol. The third-order valence-corrected chi connectivity index (χ3v) is 8.21. The molecule has 0 radical (unpaired) electrons. The molecule has 0 bridgehead atoms. The predicted molar refractivity (Wildman–Crippen MR) is 170 cm³/mol. The minimum atomic E-state index is -0.493. The molecule has 2 atom stereocenters. The zero-order chi connectivity index (χ0) is 28.1. The molecule has 0 saturated heterocycles. The summed E-state index contributed by atoms with van der Waals surface area (Å²) in [6.45, 7) is 2.15. The summed E-state index contributed by atoms with van der Waals surface area (Å²) >= 11 is 0. The Kier molecular flexibility index (Phi) is 5.61. The van der Waals surface area contributed by atoms with Gasteiger partial charge in [-0.3, -0.25) is 0 Å². The molecule has 1 aliphatic carbocycles. The predicted octanol–water partition coefficient (Wildman–Crippen LogP) is 8.93. The van der Waals surface area contributed by atoms with Gasteiger partial charge in [0.1, 0.15) is 5.54 Å². The monoisotopic (exact) mass is 541 g/mol. The van der Waals surface area contributed by atoms with Crippen LogP contribution in [0.1, 0.15) is 29.7 Å². The van der Waals surface area contributed by atoms with Crippen molar-refractivity contribution in [3.05, 3.63) is 150 Å². The Bertz CT molecular complexity index is 1960. The summed E-state index contributed by atoms with van der Waals surface area (Å²) in [4.78, 5) is 15.2. The van der Waals surface area contributed by atoms with Gasteiger partial charge in [0.05, 0.1) is 11.4 Å². The highest BCUT2D eigenvalue weighted by molar-refractivity contribution is 5.98. The van der Waals surface area contributed by atoms with Crippen LogP contribution in [0.15, 0.2) is 138 Å². The van der Waals surface area contributed by atoms with E-state index in [0.29, 0.717) is 11.7 Å². The van der Waals surface area contributed by atoms with E-state index in [1.54, 1.807) is 0 Å². The van der Waals surface area contributed by atoms with Gasteiger partial charge in [0.2, 0.25) is 5.90 Å². The topological polar surface area (TPSA) is 47.4 Å². The number of ether oxygens (including phenoxy) is 1. The van der Waals surface area contributed by atoms with Crippen LogP contribution < -0.4 is 0 Å². The molecule has 2 heterocycles. The second kappa shape index (κ2) is 9.64. The summed E-state index contributed by atoms with van der Waals surface area (Å²) in [5, 5.41) is 2.28. The van der Waals surface area contributed by atoms with E-state index in [1.807, 2.05) is 66.7 Å². The van der Waals surface area contributed by atoms with Crippen LogP contribution in [-0.2, 0) is 4.74 Å². The van der Waals surface area contributed by atoms with E-state index in [2.05, 4.69) is 79.7 Å². The standard InChI is InChI=1S/C38H27N3O/c1-38-22-21-28-19-17-25-18-20-30(23-31(25)34(28)35(38)42-37(41-38)29-15-9-4-10-16-29)36-39-32(26-11-5-2-6-12-26)24-33(40-36)27-13-7-3-8-14-27/h2-24,35H,1H3. The molecule has 42 heavy (non-hydrogen) atoms. The molecule has 0 saturated carbocycles. The van der Waals surface area contributed by atoms with E-state index in [0.717, 1.165) is 55.5 Å². The molecule has 0 N–H and O–H groups in total. The second-order valence-electron chi connectivity index (χ2n) is 11.0. The van der Waals surface area contributed by atoms with Gasteiger partial charge in [-0.25, -0.2) is 15.0 Å². The van der Waals surface area contributed by atoms with E-state index in [4.69, 9.17) is 19.7 Å². The summed E-state index contributed by atoms with van der Waals surface area (Å²) in [5.41, 5.74) is 7.66. The van der Waals surface area contributed by atoms with E-state index < -0.39 is 5.54 Å². The van der Waals surface area contributed by atoms with Crippen LogP contribution in [0, 0.1) is 0 Å². The molecule has 2 unspecified atom stereocenters. The molecule has 5 aromatic carbocycles. The Morgan fingerprint density at radius 3 is 1.86 bits per heavy atom. The second-order valence-corrected chi connectivity index (χ2v) is 11.0. The maximum absolute atomic E-state index is 6.66. The number of hydrogen-bond donors (Lipinski definition) is 0. The molecule has 2 aliphatic rings. The average Bonchev–Trinajstić information content (AvgIpc) is 3.43. The summed E-state index contributed by atoms with van der Waals surface area (Å²) < 4.78 is 6.66. The van der Waals surface area contributed by atoms with Gasteiger partial charge in [0.25, 0.3) is 0 Å². The normalized spacial score (nSPS) is 18.7. The van der Waals surface area contributed by atoms with E-state index in [9.17, 15) is 0 Å². The van der Waals surface area contributed by atoms with Crippen LogP contribution in [0.2, 0.25) is 0 Å². The van der Waals surface area contributed by atoms with E-state index in [1.165, 1.54) is 0 Å². The SMILES string of the molecule is CC12C=Cc3ccc4ccc(-c5nc(-c6ccccc6)cc(-c6ccccc6)n5)cc4c3C1OC(c1ccccc1)=N2. The lowest BCUT2D eigenvalue weighted by Gasteiger charge is -2.31. The zero-order valence-corrected chi connectivity index (χ0v) is 23.1. The van der Waals surface area contributed by atoms with Crippen molar-refractivity contribution in [2.24, 2.45) is 4.99 Å². The van der Waals surface area contributed by atoms with Crippen molar-refractivity contribution < 1.29 is 4.74 Å². The van der Waals surface area contributed by atoms with Crippen molar-refractivity contribution >= 4 is 22.7 Å². The first-order chi connectivity index (χ1) is 20.6. The zero-order valence-electron chi connectivity index (χ0n) is 23.1. The lowest BCUT2D eigenvalue weighted by molar-refractivity contribution is 0.172. The van der Waals surface area contributed by atoms with Gasteiger partial charge in [0.15, 0.2) is 11.9 Å². The summed E-state index contributed by atoms with van der Waals surface area (Å²) in [5.74, 6) is 1.37. The molecule has 4 heteroatoms. The quantitative estimate of drug-likeness (QED) is 0.224. The molecule has 0 spiro atoms. The smallest absolute Gasteiger partial charge is 0.217 e. The van der Waals surface area contributed by atoms with Crippen LogP contribution in [0.4, 0.5) is 0 Å². The molecule has 6 aromatic rings. The highest BCUT2D eigenvalue weighted by Gasteiger charge is 2.45. The maximum Gasteiger partial charge on any atom is 0.217 e. The van der Waals surface area contributed by atoms with E-state index >= 15 is 0 Å². The third kappa shape index (κ3) is 4.11. The van der Waals surface area contributed by atoms with Crippen molar-refractivity contribution in [1.82, 2.24) is 9.97 Å². The van der Waals surface area contributed by atoms with Gasteiger partial charge in [-0.15, -0.1) is 0 Å². The fourth-order valence-electron chi connectivity index (χ4n) is 6.01. The number of nitrogens with zero attached hydrogens (tertiary/aromatic N) is 3. The number of aromatic nitrogens is 2. The number of aliphatic imine (C=N–C) groups is 1. The van der Waals surface area contributed by atoms with Crippen LogP contribution in [-0.4, -0.2) is 21.4 Å². The molecule has 4 nitrogen and oxygen atoms in total. The highest BCUT2D eigenvalue weighted by atomic mass is 16.5. The largest absolute Gasteiger partial charge is 0.466 e. The number of hydrogen-bond acceptors (Lipinski definition) is 4. The number of rotatable bonds is 4. The highest BCUT2D eigenvalue weighted by Crippen LogP contribution is 2.48. The lowest BCUT2D eigenvalue weighted by atomic mass is 9.80. The van der Waals surface area contributed by atoms with Crippen molar-refractivity contribution in [3.8, 4) is 33.9 Å². The molecule has 1 aromatic heterocycles. The van der Waals surface area contributed by atoms with Crippen LogP contribution in [0.3, 0.4) is 0 Å². The molecule has 0 amide bonds.